The number of rotatable bonds is 4. The molecule has 0 aliphatic heterocycles. The minimum atomic E-state index is -0.133. The van der Waals surface area contributed by atoms with Gasteiger partial charge in [-0.3, -0.25) is 4.79 Å². The molecule has 0 fully saturated rings. The van der Waals surface area contributed by atoms with Crippen LogP contribution in [0.1, 0.15) is 10.4 Å². The van der Waals surface area contributed by atoms with E-state index in [4.69, 9.17) is 22.1 Å². The first-order valence-electron chi connectivity index (χ1n) is 4.85. The number of anilines is 1. The Balaban J connectivity index is 2.79. The molecule has 4 nitrogen and oxygen atoms in total. The van der Waals surface area contributed by atoms with Gasteiger partial charge >= 0.3 is 0 Å². The number of hydrogen-bond acceptors (Lipinski definition) is 3. The fraction of sp³-hybridized carbons (Fsp3) is 0.364. The van der Waals surface area contributed by atoms with Crippen molar-refractivity contribution in [2.75, 3.05) is 33.0 Å². The summed E-state index contributed by atoms with van der Waals surface area (Å²) in [4.78, 5) is 13.5. The fourth-order valence-electron chi connectivity index (χ4n) is 1.26. The van der Waals surface area contributed by atoms with Gasteiger partial charge in [-0.1, -0.05) is 11.6 Å². The van der Waals surface area contributed by atoms with Gasteiger partial charge in [-0.25, -0.2) is 0 Å². The van der Waals surface area contributed by atoms with Gasteiger partial charge in [-0.15, -0.1) is 0 Å². The van der Waals surface area contributed by atoms with E-state index >= 15 is 0 Å². The van der Waals surface area contributed by atoms with Gasteiger partial charge in [0.2, 0.25) is 0 Å². The zero-order valence-electron chi connectivity index (χ0n) is 9.37. The van der Waals surface area contributed by atoms with Crippen molar-refractivity contribution in [1.29, 1.82) is 0 Å². The molecular weight excluding hydrogens is 228 g/mol. The molecular formula is C11H15ClN2O2. The maximum Gasteiger partial charge on any atom is 0.255 e. The number of halogens is 1. The van der Waals surface area contributed by atoms with E-state index in [2.05, 4.69) is 0 Å². The van der Waals surface area contributed by atoms with Crippen LogP contribution in [-0.4, -0.2) is 38.1 Å². The number of ether oxygens (including phenoxy) is 1. The maximum atomic E-state index is 11.9. The summed E-state index contributed by atoms with van der Waals surface area (Å²) in [6.45, 7) is 1.02. The molecule has 0 spiro atoms. The van der Waals surface area contributed by atoms with E-state index in [0.717, 1.165) is 0 Å². The molecule has 0 unspecified atom stereocenters. The molecule has 2 N–H and O–H groups in total. The Morgan fingerprint density at radius 1 is 1.56 bits per heavy atom. The largest absolute Gasteiger partial charge is 0.398 e. The molecule has 0 saturated heterocycles. The number of benzene rings is 1. The van der Waals surface area contributed by atoms with Crippen LogP contribution in [-0.2, 0) is 4.74 Å². The normalized spacial score (nSPS) is 10.2. The van der Waals surface area contributed by atoms with E-state index in [1.54, 1.807) is 37.3 Å². The van der Waals surface area contributed by atoms with Gasteiger partial charge in [0, 0.05) is 31.4 Å². The highest BCUT2D eigenvalue weighted by atomic mass is 35.5. The third-order valence-electron chi connectivity index (χ3n) is 2.22. The minimum absolute atomic E-state index is 0.133. The summed E-state index contributed by atoms with van der Waals surface area (Å²) in [7, 11) is 3.30. The van der Waals surface area contributed by atoms with Crippen molar-refractivity contribution in [3.8, 4) is 0 Å². The fourth-order valence-corrected chi connectivity index (χ4v) is 1.44. The number of nitrogen functional groups attached to an aromatic ring is 1. The monoisotopic (exact) mass is 242 g/mol. The first kappa shape index (κ1) is 12.8. The molecule has 16 heavy (non-hydrogen) atoms. The second-order valence-corrected chi connectivity index (χ2v) is 3.89. The van der Waals surface area contributed by atoms with Crippen molar-refractivity contribution in [3.63, 3.8) is 0 Å². The lowest BCUT2D eigenvalue weighted by Crippen LogP contribution is -2.30. The molecule has 0 aliphatic rings. The number of nitrogens with zero attached hydrogens (tertiary/aromatic N) is 1. The number of nitrogens with two attached hydrogens (primary N) is 1. The van der Waals surface area contributed by atoms with E-state index < -0.39 is 0 Å². The van der Waals surface area contributed by atoms with Gasteiger partial charge in [0.25, 0.3) is 5.91 Å². The van der Waals surface area contributed by atoms with Crippen LogP contribution in [0.3, 0.4) is 0 Å². The predicted octanol–water partition coefficient (Wildman–Crippen LogP) is 1.64. The Hall–Kier alpha value is -1.26. The van der Waals surface area contributed by atoms with E-state index in [1.165, 1.54) is 0 Å². The van der Waals surface area contributed by atoms with Gasteiger partial charge in [-0.2, -0.15) is 0 Å². The molecule has 1 aromatic carbocycles. The Labute approximate surface area is 99.9 Å². The molecule has 0 radical (unpaired) electrons. The van der Waals surface area contributed by atoms with Gasteiger partial charge in [-0.05, 0) is 18.2 Å². The highest BCUT2D eigenvalue weighted by Crippen LogP contribution is 2.19. The van der Waals surface area contributed by atoms with Gasteiger partial charge in [0.15, 0.2) is 0 Å². The lowest BCUT2D eigenvalue weighted by molar-refractivity contribution is 0.0745. The Bertz CT molecular complexity index is 382. The van der Waals surface area contributed by atoms with E-state index in [1.807, 2.05) is 0 Å². The van der Waals surface area contributed by atoms with Crippen LogP contribution in [0.2, 0.25) is 5.02 Å². The van der Waals surface area contributed by atoms with Gasteiger partial charge < -0.3 is 15.4 Å². The number of likely N-dealkylation sites (N-methyl/N-ethyl adjacent to an activating group) is 1. The highest BCUT2D eigenvalue weighted by Gasteiger charge is 2.14. The molecule has 0 heterocycles. The highest BCUT2D eigenvalue weighted by molar-refractivity contribution is 6.31. The molecule has 0 atom stereocenters. The maximum absolute atomic E-state index is 11.9. The standard InChI is InChI=1S/C11H15ClN2O2/c1-14(5-6-16-2)11(15)9-4-3-8(12)7-10(9)13/h3-4,7H,5-6,13H2,1-2H3. The SMILES string of the molecule is COCCN(C)C(=O)c1ccc(Cl)cc1N. The van der Waals surface area contributed by atoms with Crippen LogP contribution in [0.4, 0.5) is 5.69 Å². The van der Waals surface area contributed by atoms with Crippen molar-refractivity contribution >= 4 is 23.2 Å². The van der Waals surface area contributed by atoms with Crippen LogP contribution >= 0.6 is 11.6 Å². The number of hydrogen-bond donors (Lipinski definition) is 1. The van der Waals surface area contributed by atoms with Crippen LogP contribution in [0.15, 0.2) is 18.2 Å². The summed E-state index contributed by atoms with van der Waals surface area (Å²) in [6, 6.07) is 4.84. The molecule has 1 aromatic rings. The zero-order chi connectivity index (χ0) is 12.1. The van der Waals surface area contributed by atoms with Crippen molar-refractivity contribution in [1.82, 2.24) is 4.90 Å². The predicted molar refractivity (Wildman–Crippen MR) is 64.7 cm³/mol. The Kier molecular flexibility index (Phi) is 4.58. The number of methoxy groups -OCH3 is 1. The molecule has 0 aliphatic carbocycles. The summed E-state index contributed by atoms with van der Waals surface area (Å²) in [5.41, 5.74) is 6.58. The number of amides is 1. The van der Waals surface area contributed by atoms with Gasteiger partial charge in [0.1, 0.15) is 0 Å². The quantitative estimate of drug-likeness (QED) is 0.817. The summed E-state index contributed by atoms with van der Waals surface area (Å²) in [5.74, 6) is -0.133. The molecule has 0 saturated carbocycles. The average Bonchev–Trinajstić information content (AvgIpc) is 2.25. The third kappa shape index (κ3) is 3.12. The van der Waals surface area contributed by atoms with Crippen molar-refractivity contribution in [2.24, 2.45) is 0 Å². The first-order valence-corrected chi connectivity index (χ1v) is 5.23. The molecule has 0 aromatic heterocycles. The van der Waals surface area contributed by atoms with Crippen molar-refractivity contribution < 1.29 is 9.53 Å². The molecule has 0 bridgehead atoms. The van der Waals surface area contributed by atoms with Crippen molar-refractivity contribution in [2.45, 2.75) is 0 Å². The summed E-state index contributed by atoms with van der Waals surface area (Å²) < 4.78 is 4.90. The lowest BCUT2D eigenvalue weighted by atomic mass is 10.1. The Morgan fingerprint density at radius 2 is 2.25 bits per heavy atom. The van der Waals surface area contributed by atoms with Gasteiger partial charge in [0.05, 0.1) is 12.2 Å². The lowest BCUT2D eigenvalue weighted by Gasteiger charge is -2.17. The van der Waals surface area contributed by atoms with Crippen LogP contribution in [0.5, 0.6) is 0 Å². The second kappa shape index (κ2) is 5.72. The van der Waals surface area contributed by atoms with E-state index in [0.29, 0.717) is 29.4 Å². The molecule has 1 rings (SSSR count). The summed E-state index contributed by atoms with van der Waals surface area (Å²) >= 11 is 5.76. The Morgan fingerprint density at radius 3 is 2.81 bits per heavy atom. The molecule has 5 heteroatoms. The summed E-state index contributed by atoms with van der Waals surface area (Å²) in [6.07, 6.45) is 0. The van der Waals surface area contributed by atoms with E-state index in [-0.39, 0.29) is 5.91 Å². The smallest absolute Gasteiger partial charge is 0.255 e. The molecule has 88 valence electrons. The number of carbonyl (C=O) groups is 1. The van der Waals surface area contributed by atoms with Crippen LogP contribution in [0, 0.1) is 0 Å². The molecule has 1 amide bonds. The summed E-state index contributed by atoms with van der Waals surface area (Å²) in [5, 5.41) is 0.522. The second-order valence-electron chi connectivity index (χ2n) is 3.45. The average molecular weight is 243 g/mol. The van der Waals surface area contributed by atoms with E-state index in [9.17, 15) is 4.79 Å². The van der Waals surface area contributed by atoms with Crippen molar-refractivity contribution in [3.05, 3.63) is 28.8 Å². The third-order valence-corrected chi connectivity index (χ3v) is 2.46. The number of carbonyl (C=O) groups excluding carboxylic acids is 1. The zero-order valence-corrected chi connectivity index (χ0v) is 10.1. The van der Waals surface area contributed by atoms with Crippen LogP contribution in [0.25, 0.3) is 0 Å². The first-order chi connectivity index (χ1) is 7.56. The topological polar surface area (TPSA) is 55.6 Å². The van der Waals surface area contributed by atoms with Crippen LogP contribution < -0.4 is 5.73 Å². The minimum Gasteiger partial charge on any atom is -0.398 e.